The summed E-state index contributed by atoms with van der Waals surface area (Å²) >= 11 is 0. The van der Waals surface area contributed by atoms with E-state index in [2.05, 4.69) is 134 Å². The summed E-state index contributed by atoms with van der Waals surface area (Å²) in [6, 6.07) is 29.6. The summed E-state index contributed by atoms with van der Waals surface area (Å²) < 4.78 is 0. The van der Waals surface area contributed by atoms with Crippen LogP contribution in [0.2, 0.25) is 0 Å². The van der Waals surface area contributed by atoms with Gasteiger partial charge in [-0.2, -0.15) is 0 Å². The topological polar surface area (TPSA) is 41.9 Å². The molecule has 0 bridgehead atoms. The SMILES string of the molecule is C/C=C\C(C)=C/C.C=C/C=C(\C=C/C)c1cc(C2C=Cc3cc(-c4ccc5nc(C)ccc5c4)ccc3N2C)nc(-c2ccccc2)n1.C=C/C=C\C.CC. The molecule has 1 unspecified atom stereocenters. The van der Waals surface area contributed by atoms with Gasteiger partial charge in [0.05, 0.1) is 22.9 Å². The second kappa shape index (κ2) is 22.8. The van der Waals surface area contributed by atoms with Crippen LogP contribution >= 0.6 is 0 Å². The Balaban J connectivity index is 0.000000500. The predicted molar refractivity (Wildman–Crippen MR) is 243 cm³/mol. The fourth-order valence-electron chi connectivity index (χ4n) is 5.88. The summed E-state index contributed by atoms with van der Waals surface area (Å²) in [6.45, 7) is 23.5. The Morgan fingerprint density at radius 2 is 1.44 bits per heavy atom. The van der Waals surface area contributed by atoms with Gasteiger partial charge >= 0.3 is 0 Å². The van der Waals surface area contributed by atoms with Crippen LogP contribution in [0.4, 0.5) is 5.69 Å². The van der Waals surface area contributed by atoms with Crippen molar-refractivity contribution in [3.63, 3.8) is 0 Å². The lowest BCUT2D eigenvalue weighted by Crippen LogP contribution is -2.26. The molecule has 0 fully saturated rings. The molecule has 0 N–H and O–H groups in total. The molecule has 3 aromatic carbocycles. The molecule has 6 rings (SSSR count). The van der Waals surface area contributed by atoms with Crippen molar-refractivity contribution in [3.05, 3.63) is 193 Å². The smallest absolute Gasteiger partial charge is 0.160 e. The van der Waals surface area contributed by atoms with Crippen LogP contribution in [-0.4, -0.2) is 22.0 Å². The minimum Gasteiger partial charge on any atom is -0.362 e. The van der Waals surface area contributed by atoms with Gasteiger partial charge in [-0.05, 0) is 100 Å². The molecule has 0 saturated heterocycles. The van der Waals surface area contributed by atoms with Crippen LogP contribution in [0, 0.1) is 6.92 Å². The fraction of sp³-hybridized carbons (Fsp3) is 0.196. The molecule has 282 valence electrons. The summed E-state index contributed by atoms with van der Waals surface area (Å²) in [4.78, 5) is 17.0. The van der Waals surface area contributed by atoms with Gasteiger partial charge in [0.15, 0.2) is 5.82 Å². The van der Waals surface area contributed by atoms with Crippen molar-refractivity contribution in [3.8, 4) is 22.5 Å². The maximum Gasteiger partial charge on any atom is 0.160 e. The van der Waals surface area contributed by atoms with Crippen LogP contribution in [0.3, 0.4) is 0 Å². The lowest BCUT2D eigenvalue weighted by Gasteiger charge is -2.32. The van der Waals surface area contributed by atoms with Crippen LogP contribution in [0.1, 0.15) is 77.2 Å². The molecular formula is C51H58N4. The molecule has 2 aromatic heterocycles. The first-order chi connectivity index (χ1) is 26.8. The summed E-state index contributed by atoms with van der Waals surface area (Å²) in [5, 5.41) is 1.15. The highest BCUT2D eigenvalue weighted by Gasteiger charge is 2.24. The van der Waals surface area contributed by atoms with E-state index in [1.807, 2.05) is 97.0 Å². The van der Waals surface area contributed by atoms with Gasteiger partial charge in [-0.1, -0.05) is 154 Å². The van der Waals surface area contributed by atoms with E-state index in [1.165, 1.54) is 22.3 Å². The Morgan fingerprint density at radius 3 is 2.05 bits per heavy atom. The minimum absolute atomic E-state index is 0.0388. The second-order valence-corrected chi connectivity index (χ2v) is 12.6. The number of hydrogen-bond donors (Lipinski definition) is 0. The quantitative estimate of drug-likeness (QED) is 0.149. The third-order valence-corrected chi connectivity index (χ3v) is 8.68. The molecule has 3 heterocycles. The Morgan fingerprint density at radius 1 is 0.727 bits per heavy atom. The monoisotopic (exact) mass is 726 g/mol. The number of aryl methyl sites for hydroxylation is 1. The summed E-state index contributed by atoms with van der Waals surface area (Å²) in [7, 11) is 2.13. The highest BCUT2D eigenvalue weighted by atomic mass is 15.2. The van der Waals surface area contributed by atoms with E-state index in [0.717, 1.165) is 44.8 Å². The van der Waals surface area contributed by atoms with Crippen LogP contribution in [0.5, 0.6) is 0 Å². The molecule has 0 amide bonds. The van der Waals surface area contributed by atoms with Crippen molar-refractivity contribution in [1.82, 2.24) is 15.0 Å². The van der Waals surface area contributed by atoms with Gasteiger partial charge in [0.2, 0.25) is 0 Å². The van der Waals surface area contributed by atoms with Crippen LogP contribution in [0.25, 0.3) is 45.1 Å². The van der Waals surface area contributed by atoms with E-state index in [0.29, 0.717) is 5.82 Å². The Hall–Kier alpha value is -6.13. The molecule has 0 spiro atoms. The molecule has 0 radical (unpaired) electrons. The van der Waals surface area contributed by atoms with Gasteiger partial charge in [0.1, 0.15) is 0 Å². The number of fused-ring (bicyclic) bond motifs is 2. The molecule has 0 aliphatic carbocycles. The number of likely N-dealkylation sites (N-methyl/N-ethyl adjacent to an activating group) is 1. The van der Waals surface area contributed by atoms with Gasteiger partial charge < -0.3 is 4.90 Å². The van der Waals surface area contributed by atoms with E-state index in [-0.39, 0.29) is 6.04 Å². The number of allylic oxidation sites excluding steroid dienone is 12. The van der Waals surface area contributed by atoms with E-state index in [4.69, 9.17) is 9.97 Å². The summed E-state index contributed by atoms with van der Waals surface area (Å²) in [6.07, 6.45) is 24.1. The molecule has 1 aliphatic rings. The van der Waals surface area contributed by atoms with Gasteiger partial charge in [0.25, 0.3) is 0 Å². The average Bonchev–Trinajstić information content (AvgIpc) is 3.22. The normalized spacial score (nSPS) is 13.8. The van der Waals surface area contributed by atoms with Gasteiger partial charge in [0, 0.05) is 29.4 Å². The predicted octanol–water partition coefficient (Wildman–Crippen LogP) is 14.3. The number of rotatable bonds is 8. The van der Waals surface area contributed by atoms with Crippen LogP contribution < -0.4 is 4.90 Å². The molecular weight excluding hydrogens is 669 g/mol. The standard InChI is InChI=1S/C37H32N4.C7H12.C5H8.C2H6/c1-5-10-26(11-6-2)33-24-34(40-37(39-33)27-12-8-7-9-13-27)36-21-18-31-23-29(17-20-35(31)41(36)4)28-16-19-32-30(22-28)15-14-25(3)38-32;1-4-6-7(3)5-2;1-3-5-4-2;1-2/h5-24,36H,1H2,2-4H3;4-6H,1-3H3;3-5H,1H2,2H3;1-2H3/b11-6-,26-10+;6-4-,7-5-;5-4-;. The van der Waals surface area contributed by atoms with Gasteiger partial charge in [-0.15, -0.1) is 0 Å². The van der Waals surface area contributed by atoms with Crippen molar-refractivity contribution in [2.75, 3.05) is 11.9 Å². The largest absolute Gasteiger partial charge is 0.362 e. The Bertz CT molecular complexity index is 2200. The molecule has 55 heavy (non-hydrogen) atoms. The number of hydrogen-bond acceptors (Lipinski definition) is 4. The highest BCUT2D eigenvalue weighted by molar-refractivity contribution is 5.86. The molecule has 1 atom stereocenters. The average molecular weight is 727 g/mol. The minimum atomic E-state index is -0.0388. The maximum absolute atomic E-state index is 5.07. The Labute approximate surface area is 331 Å². The van der Waals surface area contributed by atoms with Crippen molar-refractivity contribution >= 4 is 28.2 Å². The third-order valence-electron chi connectivity index (χ3n) is 8.68. The zero-order chi connectivity index (χ0) is 40.2. The zero-order valence-electron chi connectivity index (χ0n) is 34.3. The first-order valence-corrected chi connectivity index (χ1v) is 19.1. The van der Waals surface area contributed by atoms with E-state index in [9.17, 15) is 0 Å². The lowest BCUT2D eigenvalue weighted by molar-refractivity contribution is 0.771. The molecule has 0 saturated carbocycles. The highest BCUT2D eigenvalue weighted by Crippen LogP contribution is 2.38. The molecule has 5 aromatic rings. The number of anilines is 1. The van der Waals surface area contributed by atoms with E-state index >= 15 is 0 Å². The fourth-order valence-corrected chi connectivity index (χ4v) is 5.88. The number of aromatic nitrogens is 3. The Kier molecular flexibility index (Phi) is 18.0. The van der Waals surface area contributed by atoms with Crippen LogP contribution in [0.15, 0.2) is 170 Å². The van der Waals surface area contributed by atoms with Crippen LogP contribution in [-0.2, 0) is 0 Å². The van der Waals surface area contributed by atoms with E-state index < -0.39 is 0 Å². The second-order valence-electron chi connectivity index (χ2n) is 12.6. The number of benzene rings is 3. The summed E-state index contributed by atoms with van der Waals surface area (Å²) in [5.41, 5.74) is 11.9. The maximum atomic E-state index is 5.07. The van der Waals surface area contributed by atoms with E-state index in [1.54, 1.807) is 12.2 Å². The van der Waals surface area contributed by atoms with Crippen molar-refractivity contribution in [2.45, 2.75) is 61.4 Å². The number of nitrogens with zero attached hydrogens (tertiary/aromatic N) is 4. The van der Waals surface area contributed by atoms with Crippen molar-refractivity contribution < 1.29 is 0 Å². The lowest BCUT2D eigenvalue weighted by atomic mass is 9.95. The summed E-state index contributed by atoms with van der Waals surface area (Å²) in [5.74, 6) is 0.710. The zero-order valence-corrected chi connectivity index (χ0v) is 34.3. The van der Waals surface area contributed by atoms with Gasteiger partial charge in [-0.25, -0.2) is 9.97 Å². The molecule has 4 nitrogen and oxygen atoms in total. The van der Waals surface area contributed by atoms with Crippen molar-refractivity contribution in [1.29, 1.82) is 0 Å². The third kappa shape index (κ3) is 12.2. The van der Waals surface area contributed by atoms with Gasteiger partial charge in [-0.3, -0.25) is 4.98 Å². The first kappa shape index (κ1) is 43.3. The number of pyridine rings is 1. The first-order valence-electron chi connectivity index (χ1n) is 19.1. The molecule has 1 aliphatic heterocycles. The van der Waals surface area contributed by atoms with Crippen molar-refractivity contribution in [2.24, 2.45) is 0 Å². The molecule has 4 heteroatoms.